The van der Waals surface area contributed by atoms with Gasteiger partial charge >= 0.3 is 0 Å². The second-order valence-corrected chi connectivity index (χ2v) is 5.38. The van der Waals surface area contributed by atoms with Crippen molar-refractivity contribution in [2.75, 3.05) is 13.6 Å². The zero-order chi connectivity index (χ0) is 10.1. The Balaban J connectivity index is 2.72. The van der Waals surface area contributed by atoms with Gasteiger partial charge in [0.1, 0.15) is 0 Å². The fourth-order valence-corrected chi connectivity index (χ4v) is 2.71. The molecule has 0 aliphatic heterocycles. The number of rotatable bonds is 2. The molecule has 1 fully saturated rings. The molecule has 0 radical (unpaired) electrons. The van der Waals surface area contributed by atoms with Crippen molar-refractivity contribution in [3.63, 3.8) is 0 Å². The third kappa shape index (κ3) is 2.05. The van der Waals surface area contributed by atoms with E-state index in [1.165, 1.54) is 19.3 Å². The Hall–Kier alpha value is -0.0800. The van der Waals surface area contributed by atoms with Crippen molar-refractivity contribution in [3.05, 3.63) is 0 Å². The van der Waals surface area contributed by atoms with Gasteiger partial charge in [-0.15, -0.1) is 0 Å². The van der Waals surface area contributed by atoms with Gasteiger partial charge in [-0.25, -0.2) is 0 Å². The molecule has 0 aromatic rings. The van der Waals surface area contributed by atoms with E-state index < -0.39 is 0 Å². The number of hydrogen-bond donors (Lipinski definition) is 2. The maximum absolute atomic E-state index is 5.87. The van der Waals surface area contributed by atoms with Crippen molar-refractivity contribution >= 4 is 0 Å². The summed E-state index contributed by atoms with van der Waals surface area (Å²) in [7, 11) is 2.04. The van der Waals surface area contributed by atoms with Gasteiger partial charge < -0.3 is 11.1 Å². The lowest BCUT2D eigenvalue weighted by molar-refractivity contribution is 0.0850. The first kappa shape index (κ1) is 11.0. The van der Waals surface area contributed by atoms with Gasteiger partial charge in [0.15, 0.2) is 0 Å². The van der Waals surface area contributed by atoms with E-state index in [4.69, 9.17) is 5.73 Å². The Morgan fingerprint density at radius 1 is 1.38 bits per heavy atom. The van der Waals surface area contributed by atoms with E-state index in [2.05, 4.69) is 26.1 Å². The summed E-state index contributed by atoms with van der Waals surface area (Å²) in [6, 6.07) is 0. The molecule has 0 amide bonds. The van der Waals surface area contributed by atoms with Gasteiger partial charge in [0, 0.05) is 12.1 Å². The summed E-state index contributed by atoms with van der Waals surface area (Å²) >= 11 is 0. The summed E-state index contributed by atoms with van der Waals surface area (Å²) < 4.78 is 0. The van der Waals surface area contributed by atoms with Gasteiger partial charge in [-0.1, -0.05) is 20.8 Å². The molecule has 3 N–H and O–H groups in total. The molecule has 1 rings (SSSR count). The zero-order valence-corrected chi connectivity index (χ0v) is 9.48. The van der Waals surface area contributed by atoms with E-state index in [9.17, 15) is 0 Å². The van der Waals surface area contributed by atoms with Gasteiger partial charge in [-0.2, -0.15) is 0 Å². The van der Waals surface area contributed by atoms with Crippen LogP contribution in [0.5, 0.6) is 0 Å². The molecule has 78 valence electrons. The third-order valence-corrected chi connectivity index (χ3v) is 3.91. The largest absolute Gasteiger partial charge is 0.329 e. The summed E-state index contributed by atoms with van der Waals surface area (Å²) in [5.41, 5.74) is 6.58. The second kappa shape index (κ2) is 3.58. The van der Waals surface area contributed by atoms with Crippen LogP contribution in [0.3, 0.4) is 0 Å². The van der Waals surface area contributed by atoms with Crippen LogP contribution < -0.4 is 11.1 Å². The summed E-state index contributed by atoms with van der Waals surface area (Å²) in [5, 5.41) is 3.43. The number of nitrogens with two attached hydrogens (primary N) is 1. The van der Waals surface area contributed by atoms with Crippen LogP contribution in [0.15, 0.2) is 0 Å². The van der Waals surface area contributed by atoms with Gasteiger partial charge in [-0.05, 0) is 37.6 Å². The lowest BCUT2D eigenvalue weighted by atomic mass is 9.64. The molecule has 13 heavy (non-hydrogen) atoms. The Labute approximate surface area is 82.3 Å². The van der Waals surface area contributed by atoms with E-state index in [0.29, 0.717) is 11.3 Å². The molecular weight excluding hydrogens is 160 g/mol. The summed E-state index contributed by atoms with van der Waals surface area (Å²) in [5.74, 6) is 0.686. The maximum atomic E-state index is 5.87. The van der Waals surface area contributed by atoms with E-state index in [1.54, 1.807) is 0 Å². The number of nitrogens with one attached hydrogen (secondary N) is 1. The lowest BCUT2D eigenvalue weighted by Gasteiger charge is -2.48. The van der Waals surface area contributed by atoms with Crippen molar-refractivity contribution in [1.82, 2.24) is 5.32 Å². The first-order chi connectivity index (χ1) is 5.96. The highest BCUT2D eigenvalue weighted by atomic mass is 15.0. The van der Waals surface area contributed by atoms with E-state index in [0.717, 1.165) is 6.54 Å². The molecule has 1 aliphatic rings. The van der Waals surface area contributed by atoms with Gasteiger partial charge in [0.05, 0.1) is 0 Å². The van der Waals surface area contributed by atoms with Crippen LogP contribution in [0.4, 0.5) is 0 Å². The fraction of sp³-hybridized carbons (Fsp3) is 1.00. The Kier molecular flexibility index (Phi) is 3.03. The Morgan fingerprint density at radius 3 is 2.38 bits per heavy atom. The molecule has 2 unspecified atom stereocenters. The minimum absolute atomic E-state index is 0.204. The normalized spacial score (nSPS) is 39.0. The monoisotopic (exact) mass is 184 g/mol. The predicted octanol–water partition coefficient (Wildman–Crippen LogP) is 1.75. The first-order valence-electron chi connectivity index (χ1n) is 5.35. The molecule has 0 spiro atoms. The van der Waals surface area contributed by atoms with Crippen molar-refractivity contribution < 1.29 is 0 Å². The quantitative estimate of drug-likeness (QED) is 0.686. The van der Waals surface area contributed by atoms with Crippen LogP contribution >= 0.6 is 0 Å². The third-order valence-electron chi connectivity index (χ3n) is 3.91. The number of likely N-dealkylation sites (N-methyl/N-ethyl adjacent to an activating group) is 1. The van der Waals surface area contributed by atoms with E-state index >= 15 is 0 Å². The molecule has 2 nitrogen and oxygen atoms in total. The average Bonchev–Trinajstić information content (AvgIpc) is 2.05. The lowest BCUT2D eigenvalue weighted by Crippen LogP contribution is -2.57. The van der Waals surface area contributed by atoms with Crippen molar-refractivity contribution in [2.24, 2.45) is 17.1 Å². The highest BCUT2D eigenvalue weighted by Crippen LogP contribution is 2.43. The maximum Gasteiger partial charge on any atom is 0.0327 e. The SMILES string of the molecule is CNC1(CN)CCC(C)(C)CC1C. The van der Waals surface area contributed by atoms with Gasteiger partial charge in [-0.3, -0.25) is 0 Å². The molecule has 1 aliphatic carbocycles. The van der Waals surface area contributed by atoms with Crippen LogP contribution in [0.1, 0.15) is 40.0 Å². The minimum atomic E-state index is 0.204. The zero-order valence-electron chi connectivity index (χ0n) is 9.48. The standard InChI is InChI=1S/C11H24N2/c1-9-7-10(2,3)5-6-11(9,8-12)13-4/h9,13H,5-8,12H2,1-4H3. The van der Waals surface area contributed by atoms with Crippen molar-refractivity contribution in [2.45, 2.75) is 45.6 Å². The van der Waals surface area contributed by atoms with Crippen molar-refractivity contribution in [1.29, 1.82) is 0 Å². The second-order valence-electron chi connectivity index (χ2n) is 5.38. The van der Waals surface area contributed by atoms with E-state index in [1.807, 2.05) is 7.05 Å². The molecule has 2 atom stereocenters. The molecule has 0 saturated heterocycles. The van der Waals surface area contributed by atoms with Crippen molar-refractivity contribution in [3.8, 4) is 0 Å². The summed E-state index contributed by atoms with van der Waals surface area (Å²) in [6.45, 7) is 7.81. The highest BCUT2D eigenvalue weighted by molar-refractivity contribution is 4.99. The highest BCUT2D eigenvalue weighted by Gasteiger charge is 2.41. The summed E-state index contributed by atoms with van der Waals surface area (Å²) in [6.07, 6.45) is 3.79. The number of hydrogen-bond acceptors (Lipinski definition) is 2. The van der Waals surface area contributed by atoms with Gasteiger partial charge in [0.2, 0.25) is 0 Å². The fourth-order valence-electron chi connectivity index (χ4n) is 2.71. The topological polar surface area (TPSA) is 38.0 Å². The first-order valence-corrected chi connectivity index (χ1v) is 5.35. The predicted molar refractivity (Wildman–Crippen MR) is 57.6 cm³/mol. The molecular formula is C11H24N2. The molecule has 0 heterocycles. The van der Waals surface area contributed by atoms with Crippen LogP contribution in [-0.2, 0) is 0 Å². The van der Waals surface area contributed by atoms with Crippen LogP contribution in [-0.4, -0.2) is 19.1 Å². The minimum Gasteiger partial charge on any atom is -0.329 e. The van der Waals surface area contributed by atoms with Crippen LogP contribution in [0.2, 0.25) is 0 Å². The Bertz CT molecular complexity index is 171. The molecule has 1 saturated carbocycles. The van der Waals surface area contributed by atoms with Crippen LogP contribution in [0, 0.1) is 11.3 Å². The molecule has 2 heteroatoms. The smallest absolute Gasteiger partial charge is 0.0327 e. The summed E-state index contributed by atoms with van der Waals surface area (Å²) in [4.78, 5) is 0. The molecule has 0 aromatic carbocycles. The Morgan fingerprint density at radius 2 is 2.00 bits per heavy atom. The van der Waals surface area contributed by atoms with Crippen LogP contribution in [0.25, 0.3) is 0 Å². The van der Waals surface area contributed by atoms with Gasteiger partial charge in [0.25, 0.3) is 0 Å². The molecule has 0 aromatic heterocycles. The van der Waals surface area contributed by atoms with E-state index in [-0.39, 0.29) is 5.54 Å². The average molecular weight is 184 g/mol. The molecule has 0 bridgehead atoms.